The van der Waals surface area contributed by atoms with Crippen molar-refractivity contribution in [3.63, 3.8) is 0 Å². The maximum absolute atomic E-state index is 12.8. The van der Waals surface area contributed by atoms with Crippen LogP contribution in [0.15, 0.2) is 41.8 Å². The number of rotatable bonds is 5. The van der Waals surface area contributed by atoms with Crippen molar-refractivity contribution in [2.45, 2.75) is 32.8 Å². The topological polar surface area (TPSA) is 49.9 Å². The lowest BCUT2D eigenvalue weighted by Gasteiger charge is -2.35. The second-order valence-electron chi connectivity index (χ2n) is 7.05. The number of hydrogen-bond acceptors (Lipinski definition) is 4. The van der Waals surface area contributed by atoms with Crippen LogP contribution < -0.4 is 4.74 Å². The van der Waals surface area contributed by atoms with Gasteiger partial charge in [-0.15, -0.1) is 11.3 Å². The number of carbonyl (C=O) groups excluding carboxylic acids is 2. The molecule has 1 saturated heterocycles. The van der Waals surface area contributed by atoms with E-state index in [0.717, 1.165) is 16.2 Å². The number of piperazine rings is 1. The summed E-state index contributed by atoms with van der Waals surface area (Å²) in [5.74, 6) is 1.11. The number of ether oxygens (including phenoxy) is 1. The Morgan fingerprint density at radius 3 is 2.26 bits per heavy atom. The van der Waals surface area contributed by atoms with Gasteiger partial charge in [-0.25, -0.2) is 0 Å². The van der Waals surface area contributed by atoms with Gasteiger partial charge in [0.05, 0.1) is 4.88 Å². The fraction of sp³-hybridized carbons (Fsp3) is 0.429. The molecule has 144 valence electrons. The molecule has 3 rings (SSSR count). The van der Waals surface area contributed by atoms with Crippen LogP contribution in [0, 0.1) is 0 Å². The van der Waals surface area contributed by atoms with Gasteiger partial charge in [0.25, 0.3) is 11.8 Å². The highest BCUT2D eigenvalue weighted by atomic mass is 32.1. The average molecular weight is 387 g/mol. The summed E-state index contributed by atoms with van der Waals surface area (Å²) >= 11 is 1.45. The molecule has 0 spiro atoms. The first-order chi connectivity index (χ1) is 13.0. The van der Waals surface area contributed by atoms with Gasteiger partial charge in [0.15, 0.2) is 6.10 Å². The summed E-state index contributed by atoms with van der Waals surface area (Å²) in [6.45, 7) is 8.19. The SMILES string of the molecule is CC(Oc1ccccc1C(C)C)C(=O)N1CCN(C(=O)c2cccs2)CC1. The van der Waals surface area contributed by atoms with E-state index in [-0.39, 0.29) is 11.8 Å². The molecule has 1 unspecified atom stereocenters. The lowest BCUT2D eigenvalue weighted by atomic mass is 10.0. The second kappa shape index (κ2) is 8.57. The molecule has 0 bridgehead atoms. The fourth-order valence-corrected chi connectivity index (χ4v) is 3.94. The summed E-state index contributed by atoms with van der Waals surface area (Å²) in [6.07, 6.45) is -0.551. The van der Waals surface area contributed by atoms with E-state index in [1.807, 2.05) is 46.7 Å². The van der Waals surface area contributed by atoms with Crippen LogP contribution in [0.4, 0.5) is 0 Å². The Kier molecular flexibility index (Phi) is 6.16. The maximum Gasteiger partial charge on any atom is 0.264 e. The lowest BCUT2D eigenvalue weighted by Crippen LogP contribution is -2.53. The minimum atomic E-state index is -0.551. The van der Waals surface area contributed by atoms with E-state index in [0.29, 0.717) is 32.1 Å². The van der Waals surface area contributed by atoms with Crippen molar-refractivity contribution in [2.75, 3.05) is 26.2 Å². The van der Waals surface area contributed by atoms with Crippen molar-refractivity contribution < 1.29 is 14.3 Å². The molecule has 1 atom stereocenters. The van der Waals surface area contributed by atoms with E-state index < -0.39 is 6.10 Å². The molecular formula is C21H26N2O3S. The predicted molar refractivity (Wildman–Crippen MR) is 107 cm³/mol. The Morgan fingerprint density at radius 2 is 1.63 bits per heavy atom. The molecule has 0 radical (unpaired) electrons. The van der Waals surface area contributed by atoms with Gasteiger partial charge in [-0.3, -0.25) is 9.59 Å². The molecule has 6 heteroatoms. The number of carbonyl (C=O) groups is 2. The zero-order chi connectivity index (χ0) is 19.4. The minimum Gasteiger partial charge on any atom is -0.481 e. The molecule has 2 aromatic rings. The number of nitrogens with zero attached hydrogens (tertiary/aromatic N) is 2. The van der Waals surface area contributed by atoms with E-state index in [2.05, 4.69) is 13.8 Å². The third-order valence-corrected chi connectivity index (χ3v) is 5.66. The highest BCUT2D eigenvalue weighted by Gasteiger charge is 2.28. The van der Waals surface area contributed by atoms with Crippen molar-refractivity contribution in [2.24, 2.45) is 0 Å². The van der Waals surface area contributed by atoms with Gasteiger partial charge in [-0.1, -0.05) is 38.1 Å². The Bertz CT molecular complexity index is 780. The number of amides is 2. The van der Waals surface area contributed by atoms with E-state index in [1.165, 1.54) is 11.3 Å². The zero-order valence-corrected chi connectivity index (χ0v) is 16.9. The van der Waals surface area contributed by atoms with Gasteiger partial charge in [-0.2, -0.15) is 0 Å². The fourth-order valence-electron chi connectivity index (χ4n) is 3.25. The Morgan fingerprint density at radius 1 is 0.963 bits per heavy atom. The highest BCUT2D eigenvalue weighted by molar-refractivity contribution is 7.12. The largest absolute Gasteiger partial charge is 0.481 e. The van der Waals surface area contributed by atoms with Crippen LogP contribution in [0.1, 0.15) is 41.9 Å². The summed E-state index contributed by atoms with van der Waals surface area (Å²) in [7, 11) is 0. The van der Waals surface area contributed by atoms with Crippen LogP contribution in [0.2, 0.25) is 0 Å². The Balaban J connectivity index is 1.57. The lowest BCUT2D eigenvalue weighted by molar-refractivity contribution is -0.139. The van der Waals surface area contributed by atoms with Gasteiger partial charge in [0.2, 0.25) is 0 Å². The van der Waals surface area contributed by atoms with Crippen molar-refractivity contribution >= 4 is 23.2 Å². The van der Waals surface area contributed by atoms with Crippen LogP contribution in [-0.4, -0.2) is 53.9 Å². The Labute approximate surface area is 164 Å². The first kappa shape index (κ1) is 19.4. The average Bonchev–Trinajstić information content (AvgIpc) is 3.22. The Hall–Kier alpha value is -2.34. The number of hydrogen-bond donors (Lipinski definition) is 0. The summed E-state index contributed by atoms with van der Waals surface area (Å²) in [5.41, 5.74) is 1.10. The molecule has 1 aliphatic rings. The molecule has 1 aromatic carbocycles. The monoisotopic (exact) mass is 386 g/mol. The first-order valence-corrected chi connectivity index (χ1v) is 10.2. The molecule has 27 heavy (non-hydrogen) atoms. The molecule has 2 amide bonds. The van der Waals surface area contributed by atoms with Crippen LogP contribution in [0.3, 0.4) is 0 Å². The van der Waals surface area contributed by atoms with Crippen LogP contribution in [0.25, 0.3) is 0 Å². The number of benzene rings is 1. The van der Waals surface area contributed by atoms with Crippen molar-refractivity contribution in [1.82, 2.24) is 9.80 Å². The van der Waals surface area contributed by atoms with Crippen LogP contribution >= 0.6 is 11.3 Å². The molecule has 2 heterocycles. The third kappa shape index (κ3) is 4.50. The zero-order valence-electron chi connectivity index (χ0n) is 16.1. The highest BCUT2D eigenvalue weighted by Crippen LogP contribution is 2.27. The predicted octanol–water partition coefficient (Wildman–Crippen LogP) is 3.62. The molecule has 0 aliphatic carbocycles. The molecule has 1 aromatic heterocycles. The van der Waals surface area contributed by atoms with Crippen LogP contribution in [-0.2, 0) is 4.79 Å². The quantitative estimate of drug-likeness (QED) is 0.789. The van der Waals surface area contributed by atoms with Gasteiger partial charge >= 0.3 is 0 Å². The van der Waals surface area contributed by atoms with E-state index in [9.17, 15) is 9.59 Å². The normalized spacial score (nSPS) is 15.7. The minimum absolute atomic E-state index is 0.0308. The molecule has 1 aliphatic heterocycles. The van der Waals surface area contributed by atoms with Crippen molar-refractivity contribution in [1.29, 1.82) is 0 Å². The van der Waals surface area contributed by atoms with Gasteiger partial charge in [0.1, 0.15) is 5.75 Å². The van der Waals surface area contributed by atoms with Crippen molar-refractivity contribution in [3.8, 4) is 5.75 Å². The summed E-state index contributed by atoms with van der Waals surface area (Å²) in [4.78, 5) is 29.6. The van der Waals surface area contributed by atoms with Gasteiger partial charge in [-0.05, 0) is 35.9 Å². The van der Waals surface area contributed by atoms with Crippen molar-refractivity contribution in [3.05, 3.63) is 52.2 Å². The standard InChI is InChI=1S/C21H26N2O3S/c1-15(2)17-7-4-5-8-18(17)26-16(3)20(24)22-10-12-23(13-11-22)21(25)19-9-6-14-27-19/h4-9,14-16H,10-13H2,1-3H3. The van der Waals surface area contributed by atoms with E-state index in [1.54, 1.807) is 11.8 Å². The first-order valence-electron chi connectivity index (χ1n) is 9.34. The summed E-state index contributed by atoms with van der Waals surface area (Å²) in [5, 5.41) is 1.90. The molecular weight excluding hydrogens is 360 g/mol. The summed E-state index contributed by atoms with van der Waals surface area (Å²) in [6, 6.07) is 11.6. The van der Waals surface area contributed by atoms with E-state index >= 15 is 0 Å². The number of thiophene rings is 1. The van der Waals surface area contributed by atoms with Crippen LogP contribution in [0.5, 0.6) is 5.75 Å². The molecule has 0 N–H and O–H groups in total. The second-order valence-corrected chi connectivity index (χ2v) is 8.00. The smallest absolute Gasteiger partial charge is 0.264 e. The van der Waals surface area contributed by atoms with E-state index in [4.69, 9.17) is 4.74 Å². The molecule has 5 nitrogen and oxygen atoms in total. The van der Waals surface area contributed by atoms with Gasteiger partial charge < -0.3 is 14.5 Å². The third-order valence-electron chi connectivity index (χ3n) is 4.80. The molecule has 0 saturated carbocycles. The molecule has 1 fully saturated rings. The summed E-state index contributed by atoms with van der Waals surface area (Å²) < 4.78 is 5.98. The number of para-hydroxylation sites is 1. The van der Waals surface area contributed by atoms with Gasteiger partial charge in [0, 0.05) is 26.2 Å². The maximum atomic E-state index is 12.8.